The summed E-state index contributed by atoms with van der Waals surface area (Å²) in [7, 11) is 0. The molecule has 0 aliphatic heterocycles. The molecule has 144 valence electrons. The quantitative estimate of drug-likeness (QED) is 0.735. The molecule has 0 unspecified atom stereocenters. The molecule has 2 rings (SSSR count). The van der Waals surface area contributed by atoms with E-state index < -0.39 is 0 Å². The van der Waals surface area contributed by atoms with Crippen molar-refractivity contribution >= 4 is 40.4 Å². The molecule has 0 saturated heterocycles. The van der Waals surface area contributed by atoms with Crippen LogP contribution in [0.1, 0.15) is 39.7 Å². The number of halogens is 1. The lowest BCUT2D eigenvalue weighted by Gasteiger charge is -2.22. The van der Waals surface area contributed by atoms with Crippen LogP contribution in [-0.2, 0) is 9.59 Å². The molecule has 1 amide bonds. The number of allylic oxidation sites excluding steroid dienone is 3. The number of amides is 1. The highest BCUT2D eigenvalue weighted by atomic mass is 35.5. The first-order valence-corrected chi connectivity index (χ1v) is 9.57. The van der Waals surface area contributed by atoms with Gasteiger partial charge >= 0.3 is 0 Å². The van der Waals surface area contributed by atoms with Gasteiger partial charge in [-0.15, -0.1) is 0 Å². The van der Waals surface area contributed by atoms with E-state index in [1.54, 1.807) is 6.08 Å². The molecule has 0 saturated carbocycles. The summed E-state index contributed by atoms with van der Waals surface area (Å²) in [4.78, 5) is 30.7. The Bertz CT molecular complexity index is 849. The molecule has 0 bridgehead atoms. The van der Waals surface area contributed by atoms with E-state index in [0.717, 1.165) is 30.0 Å². The van der Waals surface area contributed by atoms with Crippen LogP contribution in [0.15, 0.2) is 45.6 Å². The molecule has 5 nitrogen and oxygen atoms in total. The Labute approximate surface area is 165 Å². The third kappa shape index (κ3) is 4.66. The predicted octanol–water partition coefficient (Wildman–Crippen LogP) is 4.42. The van der Waals surface area contributed by atoms with Gasteiger partial charge in [-0.05, 0) is 57.0 Å². The normalized spacial score (nSPS) is 15.9. The maximum Gasteiger partial charge on any atom is 0.221 e. The standard InChI is InChI=1S/C21H26ClN3O2/c1-6-16-18(12-19(23-14(5)26)21(27)20(16)22)24-17-10-9-15(11-13(17)4)25(7-2)8-3/h9-12H,6-8H2,1-5H3,(H,23,26)/b24-18+. The molecule has 0 radical (unpaired) electrons. The SMILES string of the molecule is CCC1=C(Cl)C(=O)C(NC(C)=O)=C/C1=N\c1ccc(N(CC)CC)cc1C. The summed E-state index contributed by atoms with van der Waals surface area (Å²) in [5, 5.41) is 2.65. The second kappa shape index (κ2) is 9.00. The molecule has 1 N–H and O–H groups in total. The third-order valence-corrected chi connectivity index (χ3v) is 4.91. The lowest BCUT2D eigenvalue weighted by atomic mass is 9.97. The number of ketones is 1. The largest absolute Gasteiger partial charge is 0.372 e. The van der Waals surface area contributed by atoms with E-state index in [4.69, 9.17) is 16.6 Å². The van der Waals surface area contributed by atoms with Gasteiger partial charge in [0.1, 0.15) is 0 Å². The van der Waals surface area contributed by atoms with Crippen LogP contribution in [0.25, 0.3) is 0 Å². The van der Waals surface area contributed by atoms with E-state index in [1.165, 1.54) is 6.92 Å². The van der Waals surface area contributed by atoms with Gasteiger partial charge in [0.05, 0.1) is 22.1 Å². The van der Waals surface area contributed by atoms with Crippen molar-refractivity contribution in [3.8, 4) is 0 Å². The highest BCUT2D eigenvalue weighted by Gasteiger charge is 2.26. The molecule has 1 aromatic carbocycles. The van der Waals surface area contributed by atoms with Crippen molar-refractivity contribution in [2.75, 3.05) is 18.0 Å². The second-order valence-corrected chi connectivity index (χ2v) is 6.73. The van der Waals surface area contributed by atoms with E-state index in [0.29, 0.717) is 17.7 Å². The van der Waals surface area contributed by atoms with E-state index in [9.17, 15) is 9.59 Å². The van der Waals surface area contributed by atoms with Crippen LogP contribution in [0, 0.1) is 6.92 Å². The zero-order valence-corrected chi connectivity index (χ0v) is 17.3. The number of carbonyl (C=O) groups excluding carboxylic acids is 2. The van der Waals surface area contributed by atoms with Crippen LogP contribution in [0.4, 0.5) is 11.4 Å². The topological polar surface area (TPSA) is 61.8 Å². The van der Waals surface area contributed by atoms with Gasteiger partial charge < -0.3 is 10.2 Å². The van der Waals surface area contributed by atoms with Crippen LogP contribution < -0.4 is 10.2 Å². The molecule has 0 heterocycles. The molecule has 1 aromatic rings. The number of aryl methyl sites for hydroxylation is 1. The highest BCUT2D eigenvalue weighted by Crippen LogP contribution is 2.29. The zero-order chi connectivity index (χ0) is 20.1. The Balaban J connectivity index is 2.50. The molecule has 1 aliphatic carbocycles. The van der Waals surface area contributed by atoms with Gasteiger partial charge in [-0.25, -0.2) is 4.99 Å². The van der Waals surface area contributed by atoms with Gasteiger partial charge in [-0.3, -0.25) is 9.59 Å². The third-order valence-electron chi connectivity index (χ3n) is 4.51. The first kappa shape index (κ1) is 20.9. The summed E-state index contributed by atoms with van der Waals surface area (Å²) in [6.07, 6.45) is 2.18. The summed E-state index contributed by atoms with van der Waals surface area (Å²) in [5.74, 6) is -0.700. The lowest BCUT2D eigenvalue weighted by molar-refractivity contribution is -0.120. The Morgan fingerprint density at radius 3 is 2.41 bits per heavy atom. The highest BCUT2D eigenvalue weighted by molar-refractivity contribution is 6.49. The first-order chi connectivity index (χ1) is 12.8. The Hall–Kier alpha value is -2.40. The molecule has 0 spiro atoms. The van der Waals surface area contributed by atoms with Crippen molar-refractivity contribution in [2.24, 2.45) is 4.99 Å². The minimum atomic E-state index is -0.378. The summed E-state index contributed by atoms with van der Waals surface area (Å²) in [5.41, 5.74) is 4.43. The number of hydrogen-bond donors (Lipinski definition) is 1. The second-order valence-electron chi connectivity index (χ2n) is 6.35. The first-order valence-electron chi connectivity index (χ1n) is 9.19. The van der Waals surface area contributed by atoms with Gasteiger partial charge in [-0.2, -0.15) is 0 Å². The van der Waals surface area contributed by atoms with Crippen molar-refractivity contribution in [1.82, 2.24) is 5.32 Å². The fraction of sp³-hybridized carbons (Fsp3) is 0.381. The van der Waals surface area contributed by atoms with Crippen molar-refractivity contribution in [2.45, 2.75) is 41.0 Å². The van der Waals surface area contributed by atoms with Crippen molar-refractivity contribution in [3.63, 3.8) is 0 Å². The van der Waals surface area contributed by atoms with Gasteiger partial charge in [-0.1, -0.05) is 18.5 Å². The number of benzene rings is 1. The molecule has 1 aliphatic rings. The van der Waals surface area contributed by atoms with Crippen LogP contribution in [0.5, 0.6) is 0 Å². The van der Waals surface area contributed by atoms with Crippen molar-refractivity contribution in [1.29, 1.82) is 0 Å². The number of anilines is 1. The molecule has 6 heteroatoms. The summed E-state index contributed by atoms with van der Waals surface area (Å²) >= 11 is 6.27. The van der Waals surface area contributed by atoms with Gasteiger partial charge in [0, 0.05) is 31.3 Å². The zero-order valence-electron chi connectivity index (χ0n) is 16.5. The average Bonchev–Trinajstić information content (AvgIpc) is 2.62. The number of carbonyl (C=O) groups is 2. The van der Waals surface area contributed by atoms with Gasteiger partial charge in [0.2, 0.25) is 11.7 Å². The van der Waals surface area contributed by atoms with Crippen LogP contribution >= 0.6 is 11.6 Å². The van der Waals surface area contributed by atoms with Crippen LogP contribution in [-0.4, -0.2) is 30.5 Å². The maximum atomic E-state index is 12.3. The average molecular weight is 388 g/mol. The molecule has 0 aromatic heterocycles. The lowest BCUT2D eigenvalue weighted by Crippen LogP contribution is -2.29. The van der Waals surface area contributed by atoms with Crippen molar-refractivity contribution in [3.05, 3.63) is 46.1 Å². The minimum absolute atomic E-state index is 0.111. The van der Waals surface area contributed by atoms with E-state index in [2.05, 4.69) is 30.1 Å². The number of Topliss-reactive ketones (excluding diaryl/α,β-unsaturated/α-hetero) is 1. The Kier molecular flexibility index (Phi) is 6.97. The number of nitrogens with one attached hydrogen (secondary N) is 1. The fourth-order valence-electron chi connectivity index (χ4n) is 3.06. The van der Waals surface area contributed by atoms with Gasteiger partial charge in [0.15, 0.2) is 0 Å². The molecule has 0 atom stereocenters. The molecular weight excluding hydrogens is 362 g/mol. The summed E-state index contributed by atoms with van der Waals surface area (Å²) in [6, 6.07) is 6.12. The Morgan fingerprint density at radius 1 is 1.22 bits per heavy atom. The number of nitrogens with zero attached hydrogens (tertiary/aromatic N) is 2. The van der Waals surface area contributed by atoms with Gasteiger partial charge in [0.25, 0.3) is 0 Å². The number of rotatable bonds is 6. The fourth-order valence-corrected chi connectivity index (χ4v) is 3.39. The molecular formula is C21H26ClN3O2. The van der Waals surface area contributed by atoms with E-state index in [-0.39, 0.29) is 22.4 Å². The van der Waals surface area contributed by atoms with Crippen LogP contribution in [0.2, 0.25) is 0 Å². The smallest absolute Gasteiger partial charge is 0.221 e. The van der Waals surface area contributed by atoms with Crippen LogP contribution in [0.3, 0.4) is 0 Å². The monoisotopic (exact) mass is 387 g/mol. The van der Waals surface area contributed by atoms with E-state index >= 15 is 0 Å². The predicted molar refractivity (Wildman–Crippen MR) is 112 cm³/mol. The van der Waals surface area contributed by atoms with E-state index in [1.807, 2.05) is 26.0 Å². The Morgan fingerprint density at radius 2 is 1.89 bits per heavy atom. The number of aliphatic imine (C=N–C) groups is 1. The van der Waals surface area contributed by atoms with Crippen molar-refractivity contribution < 1.29 is 9.59 Å². The molecule has 0 fully saturated rings. The molecule has 27 heavy (non-hydrogen) atoms. The number of hydrogen-bond acceptors (Lipinski definition) is 4. The maximum absolute atomic E-state index is 12.3. The minimum Gasteiger partial charge on any atom is -0.372 e. The summed E-state index contributed by atoms with van der Waals surface area (Å²) < 4.78 is 0. The summed E-state index contributed by atoms with van der Waals surface area (Å²) in [6.45, 7) is 11.4.